The molecule has 0 amide bonds. The molecule has 9 nitrogen and oxygen atoms in total. The number of allylic oxidation sites excluding steroid dienone is 1. The zero-order chi connectivity index (χ0) is 22.7. The van der Waals surface area contributed by atoms with Crippen molar-refractivity contribution < 1.29 is 23.0 Å². The Morgan fingerprint density at radius 2 is 2.19 bits per heavy atom. The number of nitrogens with two attached hydrogens (primary N) is 1. The molecule has 1 saturated heterocycles. The van der Waals surface area contributed by atoms with Gasteiger partial charge in [0.15, 0.2) is 11.7 Å². The minimum absolute atomic E-state index is 0.0487. The van der Waals surface area contributed by atoms with Gasteiger partial charge in [-0.3, -0.25) is 4.57 Å². The first-order valence-electron chi connectivity index (χ1n) is 9.53. The maximum absolute atomic E-state index is 12.3. The summed E-state index contributed by atoms with van der Waals surface area (Å²) in [5.41, 5.74) is 7.31. The van der Waals surface area contributed by atoms with Crippen LogP contribution in [0.2, 0.25) is 0 Å². The number of aliphatic imine (C=N–C) groups is 1. The molecule has 0 atom stereocenters. The molecule has 1 aromatic carbocycles. The van der Waals surface area contributed by atoms with Gasteiger partial charge in [-0.05, 0) is 31.2 Å². The summed E-state index contributed by atoms with van der Waals surface area (Å²) in [5.74, 6) is 0.776. The average Bonchev–Trinajstić information content (AvgIpc) is 3.13. The van der Waals surface area contributed by atoms with Crippen LogP contribution in [0, 0.1) is 11.3 Å². The van der Waals surface area contributed by atoms with Crippen LogP contribution in [0.25, 0.3) is 16.9 Å². The van der Waals surface area contributed by atoms with Gasteiger partial charge in [0.1, 0.15) is 30.1 Å². The number of nitrogens with zero attached hydrogens (tertiary/aromatic N) is 5. The highest BCUT2D eigenvalue weighted by molar-refractivity contribution is 5.95. The van der Waals surface area contributed by atoms with Crippen molar-refractivity contribution in [2.75, 3.05) is 13.2 Å². The molecule has 3 aromatic rings. The first-order valence-corrected chi connectivity index (χ1v) is 9.53. The van der Waals surface area contributed by atoms with Crippen LogP contribution in [-0.4, -0.2) is 46.2 Å². The number of nitriles is 1. The lowest BCUT2D eigenvalue weighted by Crippen LogP contribution is -2.38. The fourth-order valence-electron chi connectivity index (χ4n) is 3.01. The van der Waals surface area contributed by atoms with Crippen molar-refractivity contribution in [1.29, 1.82) is 5.26 Å². The van der Waals surface area contributed by atoms with Crippen LogP contribution >= 0.6 is 0 Å². The average molecular weight is 440 g/mol. The van der Waals surface area contributed by atoms with Crippen LogP contribution < -0.4 is 10.5 Å². The van der Waals surface area contributed by atoms with E-state index in [9.17, 15) is 14.0 Å². The third kappa shape index (κ3) is 4.65. The Labute approximate surface area is 181 Å². The van der Waals surface area contributed by atoms with Crippen LogP contribution in [0.4, 0.5) is 14.6 Å². The lowest BCUT2D eigenvalue weighted by molar-refractivity contribution is -0.0966. The van der Waals surface area contributed by atoms with E-state index in [1.54, 1.807) is 23.0 Å². The Morgan fingerprint density at radius 1 is 1.38 bits per heavy atom. The Bertz CT molecular complexity index is 1240. The van der Waals surface area contributed by atoms with Gasteiger partial charge >= 0.3 is 6.61 Å². The van der Waals surface area contributed by atoms with Crippen molar-refractivity contribution >= 4 is 22.6 Å². The van der Waals surface area contributed by atoms with E-state index >= 15 is 0 Å². The Balaban J connectivity index is 1.65. The van der Waals surface area contributed by atoms with Gasteiger partial charge < -0.3 is 19.9 Å². The van der Waals surface area contributed by atoms with E-state index in [1.165, 1.54) is 6.92 Å². The largest absolute Gasteiger partial charge is 0.486 e. The molecule has 1 aliphatic rings. The molecule has 0 bridgehead atoms. The third-order valence-corrected chi connectivity index (χ3v) is 4.52. The summed E-state index contributed by atoms with van der Waals surface area (Å²) in [5, 5.41) is 9.39. The topological polar surface area (TPSA) is 121 Å². The van der Waals surface area contributed by atoms with E-state index in [0.717, 1.165) is 11.6 Å². The lowest BCUT2D eigenvalue weighted by atomic mass is 10.2. The molecule has 2 aromatic heterocycles. The quantitative estimate of drug-likeness (QED) is 0.442. The summed E-state index contributed by atoms with van der Waals surface area (Å²) in [6.45, 7) is -0.380. The maximum atomic E-state index is 12.3. The Kier molecular flexibility index (Phi) is 5.96. The predicted octanol–water partition coefficient (Wildman–Crippen LogP) is 3.20. The molecule has 164 valence electrons. The standard InChI is InChI=1S/C21H18F2N6O3/c1-12(6-18(25)32-21(22)23)27-20-13(8-24)2-5-19(28-20)29-11-26-16-7-14(3-4-17(16)29)31-15-9-30-10-15/h2-7,11,15,21H,9-10,25H2,1H3. The summed E-state index contributed by atoms with van der Waals surface area (Å²) in [4.78, 5) is 13.1. The van der Waals surface area contributed by atoms with E-state index in [4.69, 9.17) is 15.2 Å². The minimum Gasteiger partial charge on any atom is -0.486 e. The second kappa shape index (κ2) is 8.99. The van der Waals surface area contributed by atoms with Crippen LogP contribution in [-0.2, 0) is 9.47 Å². The number of imidazole rings is 1. The van der Waals surface area contributed by atoms with Crippen LogP contribution in [0.15, 0.2) is 53.6 Å². The highest BCUT2D eigenvalue weighted by Crippen LogP contribution is 2.26. The van der Waals surface area contributed by atoms with Gasteiger partial charge in [0.05, 0.1) is 29.8 Å². The van der Waals surface area contributed by atoms with Gasteiger partial charge in [-0.1, -0.05) is 0 Å². The molecular weight excluding hydrogens is 422 g/mol. The molecule has 0 saturated carbocycles. The number of ether oxygens (including phenoxy) is 3. The van der Waals surface area contributed by atoms with E-state index in [0.29, 0.717) is 30.3 Å². The third-order valence-electron chi connectivity index (χ3n) is 4.52. The highest BCUT2D eigenvalue weighted by Gasteiger charge is 2.20. The van der Waals surface area contributed by atoms with Crippen molar-refractivity contribution in [3.8, 4) is 17.6 Å². The molecule has 0 aliphatic carbocycles. The fourth-order valence-corrected chi connectivity index (χ4v) is 3.01. The van der Waals surface area contributed by atoms with Crippen LogP contribution in [0.5, 0.6) is 5.75 Å². The lowest BCUT2D eigenvalue weighted by Gasteiger charge is -2.26. The van der Waals surface area contributed by atoms with Crippen molar-refractivity contribution in [1.82, 2.24) is 14.5 Å². The van der Waals surface area contributed by atoms with Gasteiger partial charge in [0.2, 0.25) is 0 Å². The Morgan fingerprint density at radius 3 is 2.88 bits per heavy atom. The molecular formula is C21H18F2N6O3. The van der Waals surface area contributed by atoms with Gasteiger partial charge in [-0.25, -0.2) is 15.0 Å². The maximum Gasteiger partial charge on any atom is 0.388 e. The molecule has 32 heavy (non-hydrogen) atoms. The van der Waals surface area contributed by atoms with Crippen molar-refractivity contribution in [3.63, 3.8) is 0 Å². The van der Waals surface area contributed by atoms with E-state index in [2.05, 4.69) is 19.7 Å². The molecule has 1 fully saturated rings. The van der Waals surface area contributed by atoms with Gasteiger partial charge in [-0.15, -0.1) is 0 Å². The summed E-state index contributed by atoms with van der Waals surface area (Å²) in [6, 6.07) is 10.8. The van der Waals surface area contributed by atoms with Crippen molar-refractivity contribution in [2.45, 2.75) is 19.6 Å². The molecule has 0 unspecified atom stereocenters. The number of alkyl halides is 2. The number of rotatable bonds is 7. The van der Waals surface area contributed by atoms with E-state index in [-0.39, 0.29) is 23.2 Å². The summed E-state index contributed by atoms with van der Waals surface area (Å²) in [6.07, 6.45) is 2.78. The minimum atomic E-state index is -3.04. The molecule has 0 radical (unpaired) electrons. The monoisotopic (exact) mass is 440 g/mol. The number of halogens is 2. The van der Waals surface area contributed by atoms with Crippen molar-refractivity contribution in [2.24, 2.45) is 10.7 Å². The highest BCUT2D eigenvalue weighted by atomic mass is 19.3. The second-order valence-electron chi connectivity index (χ2n) is 6.87. The smallest absolute Gasteiger partial charge is 0.388 e. The Hall–Kier alpha value is -4.04. The van der Waals surface area contributed by atoms with Gasteiger partial charge in [0.25, 0.3) is 0 Å². The number of hydrogen-bond donors (Lipinski definition) is 1. The first-order chi connectivity index (χ1) is 15.4. The molecule has 0 spiro atoms. The summed E-state index contributed by atoms with van der Waals surface area (Å²) >= 11 is 0. The summed E-state index contributed by atoms with van der Waals surface area (Å²) < 4.78 is 41.3. The predicted molar refractivity (Wildman–Crippen MR) is 111 cm³/mol. The molecule has 4 rings (SSSR count). The SMILES string of the molecule is CC(C=C(N)OC(F)F)=Nc1nc(-n2cnc3cc(OC4COC4)ccc32)ccc1C#N. The second-order valence-corrected chi connectivity index (χ2v) is 6.87. The normalized spacial score (nSPS) is 15.0. The molecule has 3 heterocycles. The summed E-state index contributed by atoms with van der Waals surface area (Å²) in [7, 11) is 0. The van der Waals surface area contributed by atoms with Crippen molar-refractivity contribution in [3.05, 3.63) is 54.2 Å². The first kappa shape index (κ1) is 21.2. The zero-order valence-electron chi connectivity index (χ0n) is 16.9. The van der Waals surface area contributed by atoms with Crippen LogP contribution in [0.3, 0.4) is 0 Å². The van der Waals surface area contributed by atoms with E-state index in [1.807, 2.05) is 24.3 Å². The number of aromatic nitrogens is 3. The molecule has 1 aliphatic heterocycles. The fraction of sp³-hybridized carbons (Fsp3) is 0.238. The number of benzene rings is 1. The van der Waals surface area contributed by atoms with Gasteiger partial charge in [-0.2, -0.15) is 14.0 Å². The van der Waals surface area contributed by atoms with Crippen LogP contribution in [0.1, 0.15) is 12.5 Å². The molecule has 11 heteroatoms. The molecule has 2 N–H and O–H groups in total. The zero-order valence-corrected chi connectivity index (χ0v) is 16.9. The number of hydrogen-bond acceptors (Lipinski definition) is 8. The number of pyridine rings is 1. The van der Waals surface area contributed by atoms with E-state index < -0.39 is 12.5 Å². The van der Waals surface area contributed by atoms with Gasteiger partial charge in [0, 0.05) is 17.9 Å². The number of fused-ring (bicyclic) bond motifs is 1.